The molecule has 2 aromatic rings. The fourth-order valence-electron chi connectivity index (χ4n) is 1.64. The summed E-state index contributed by atoms with van der Waals surface area (Å²) in [5.74, 6) is 0.144. The average Bonchev–Trinajstić information content (AvgIpc) is 2.40. The largest absolute Gasteiger partial charge is 0.388 e. The lowest BCUT2D eigenvalue weighted by Crippen LogP contribution is -2.01. The zero-order chi connectivity index (χ0) is 13.8. The number of hydrogen-bond acceptors (Lipinski definition) is 2. The SMILES string of the molecule is Cc1ccc(C(O)CSc2ccccc2Cl)cc1F. The summed E-state index contributed by atoms with van der Waals surface area (Å²) in [6, 6.07) is 12.3. The Labute approximate surface area is 121 Å². The fraction of sp³-hybridized carbons (Fsp3) is 0.200. The first kappa shape index (κ1) is 14.4. The summed E-state index contributed by atoms with van der Waals surface area (Å²) in [5, 5.41) is 10.7. The van der Waals surface area contributed by atoms with E-state index in [1.807, 2.05) is 24.3 Å². The first-order valence-electron chi connectivity index (χ1n) is 5.89. The average molecular weight is 297 g/mol. The van der Waals surface area contributed by atoms with Gasteiger partial charge in [0.25, 0.3) is 0 Å². The lowest BCUT2D eigenvalue weighted by Gasteiger charge is -2.12. The Hall–Kier alpha value is -1.03. The van der Waals surface area contributed by atoms with E-state index in [0.717, 1.165) is 4.90 Å². The minimum Gasteiger partial charge on any atom is -0.388 e. The van der Waals surface area contributed by atoms with Crippen molar-refractivity contribution in [1.82, 2.24) is 0 Å². The van der Waals surface area contributed by atoms with Crippen LogP contribution in [0.1, 0.15) is 17.2 Å². The second-order valence-corrected chi connectivity index (χ2v) is 5.73. The third-order valence-electron chi connectivity index (χ3n) is 2.81. The number of benzene rings is 2. The van der Waals surface area contributed by atoms with Gasteiger partial charge in [-0.1, -0.05) is 35.9 Å². The van der Waals surface area contributed by atoms with Gasteiger partial charge in [-0.05, 0) is 36.2 Å². The van der Waals surface area contributed by atoms with Gasteiger partial charge in [0, 0.05) is 10.6 Å². The normalized spacial score (nSPS) is 12.4. The third kappa shape index (κ3) is 3.72. The Morgan fingerprint density at radius 1 is 1.26 bits per heavy atom. The van der Waals surface area contributed by atoms with Crippen LogP contribution in [-0.2, 0) is 0 Å². The van der Waals surface area contributed by atoms with Crippen LogP contribution >= 0.6 is 23.4 Å². The van der Waals surface area contributed by atoms with Crippen LogP contribution in [0.3, 0.4) is 0 Å². The predicted molar refractivity (Wildman–Crippen MR) is 78.3 cm³/mol. The van der Waals surface area contributed by atoms with E-state index in [4.69, 9.17) is 11.6 Å². The van der Waals surface area contributed by atoms with Gasteiger partial charge in [0.15, 0.2) is 0 Å². The number of rotatable bonds is 4. The molecule has 0 heterocycles. The van der Waals surface area contributed by atoms with Gasteiger partial charge in [-0.3, -0.25) is 0 Å². The molecule has 0 saturated carbocycles. The van der Waals surface area contributed by atoms with Gasteiger partial charge in [-0.25, -0.2) is 4.39 Å². The van der Waals surface area contributed by atoms with Crippen molar-refractivity contribution in [2.75, 3.05) is 5.75 Å². The summed E-state index contributed by atoms with van der Waals surface area (Å²) in [4.78, 5) is 0.913. The van der Waals surface area contributed by atoms with Crippen LogP contribution in [-0.4, -0.2) is 10.9 Å². The summed E-state index contributed by atoms with van der Waals surface area (Å²) in [6.07, 6.45) is -0.712. The van der Waals surface area contributed by atoms with Crippen LogP contribution in [0.2, 0.25) is 5.02 Å². The molecule has 0 aromatic heterocycles. The molecule has 0 aliphatic heterocycles. The van der Waals surface area contributed by atoms with Gasteiger partial charge in [-0.15, -0.1) is 11.8 Å². The molecular weight excluding hydrogens is 283 g/mol. The summed E-state index contributed by atoms with van der Waals surface area (Å²) in [5.41, 5.74) is 1.16. The van der Waals surface area contributed by atoms with E-state index in [-0.39, 0.29) is 5.82 Å². The zero-order valence-corrected chi connectivity index (χ0v) is 12.0. The molecule has 1 atom stereocenters. The number of aryl methyl sites for hydroxylation is 1. The third-order valence-corrected chi connectivity index (χ3v) is 4.41. The van der Waals surface area contributed by atoms with E-state index in [9.17, 15) is 9.50 Å². The maximum Gasteiger partial charge on any atom is 0.126 e. The van der Waals surface area contributed by atoms with E-state index in [2.05, 4.69) is 0 Å². The predicted octanol–water partition coefficient (Wildman–Crippen LogP) is 4.61. The molecule has 0 radical (unpaired) electrons. The molecule has 0 aliphatic rings. The lowest BCUT2D eigenvalue weighted by molar-refractivity contribution is 0.203. The Morgan fingerprint density at radius 3 is 2.68 bits per heavy atom. The van der Waals surface area contributed by atoms with Crippen molar-refractivity contribution < 1.29 is 9.50 Å². The topological polar surface area (TPSA) is 20.2 Å². The molecule has 0 bridgehead atoms. The highest BCUT2D eigenvalue weighted by Gasteiger charge is 2.11. The quantitative estimate of drug-likeness (QED) is 0.831. The second kappa shape index (κ2) is 6.42. The molecular formula is C15H14ClFOS. The van der Waals surface area contributed by atoms with Crippen LogP contribution in [0.25, 0.3) is 0 Å². The Balaban J connectivity index is 2.03. The summed E-state index contributed by atoms with van der Waals surface area (Å²) >= 11 is 7.49. The van der Waals surface area contributed by atoms with Crippen LogP contribution in [0, 0.1) is 12.7 Å². The first-order valence-corrected chi connectivity index (χ1v) is 7.25. The number of hydrogen-bond donors (Lipinski definition) is 1. The van der Waals surface area contributed by atoms with Crippen molar-refractivity contribution in [2.24, 2.45) is 0 Å². The second-order valence-electron chi connectivity index (χ2n) is 4.27. The highest BCUT2D eigenvalue weighted by molar-refractivity contribution is 7.99. The Morgan fingerprint density at radius 2 is 2.00 bits per heavy atom. The Bertz CT molecular complexity index is 574. The van der Waals surface area contributed by atoms with Crippen LogP contribution in [0.15, 0.2) is 47.4 Å². The van der Waals surface area contributed by atoms with Gasteiger partial charge >= 0.3 is 0 Å². The van der Waals surface area contributed by atoms with Crippen LogP contribution in [0.5, 0.6) is 0 Å². The molecule has 1 unspecified atom stereocenters. The highest BCUT2D eigenvalue weighted by atomic mass is 35.5. The molecule has 4 heteroatoms. The van der Waals surface area contributed by atoms with Crippen molar-refractivity contribution >= 4 is 23.4 Å². The minimum absolute atomic E-state index is 0.292. The smallest absolute Gasteiger partial charge is 0.126 e. The molecule has 0 amide bonds. The summed E-state index contributed by atoms with van der Waals surface area (Å²) in [6.45, 7) is 1.70. The monoisotopic (exact) mass is 296 g/mol. The molecule has 100 valence electrons. The molecule has 1 N–H and O–H groups in total. The fourth-order valence-corrected chi connectivity index (χ4v) is 2.85. The number of aliphatic hydroxyl groups is 1. The van der Waals surface area contributed by atoms with Gasteiger partial charge in [-0.2, -0.15) is 0 Å². The molecule has 1 nitrogen and oxygen atoms in total. The highest BCUT2D eigenvalue weighted by Crippen LogP contribution is 2.30. The van der Waals surface area contributed by atoms with Gasteiger partial charge in [0.1, 0.15) is 5.82 Å². The van der Waals surface area contributed by atoms with Gasteiger partial charge in [0.05, 0.1) is 11.1 Å². The van der Waals surface area contributed by atoms with E-state index in [0.29, 0.717) is 21.9 Å². The van der Waals surface area contributed by atoms with Crippen molar-refractivity contribution in [2.45, 2.75) is 17.9 Å². The summed E-state index contributed by atoms with van der Waals surface area (Å²) in [7, 11) is 0. The summed E-state index contributed by atoms with van der Waals surface area (Å²) < 4.78 is 13.4. The lowest BCUT2D eigenvalue weighted by atomic mass is 10.1. The number of halogens is 2. The van der Waals surface area contributed by atoms with Crippen LogP contribution < -0.4 is 0 Å². The van der Waals surface area contributed by atoms with Gasteiger partial charge < -0.3 is 5.11 Å². The molecule has 0 aliphatic carbocycles. The molecule has 0 saturated heterocycles. The number of thioether (sulfide) groups is 1. The van der Waals surface area contributed by atoms with E-state index >= 15 is 0 Å². The van der Waals surface area contributed by atoms with E-state index in [1.165, 1.54) is 17.8 Å². The van der Waals surface area contributed by atoms with Crippen LogP contribution in [0.4, 0.5) is 4.39 Å². The maximum absolute atomic E-state index is 13.4. The van der Waals surface area contributed by atoms with E-state index in [1.54, 1.807) is 19.1 Å². The molecule has 0 fully saturated rings. The Kier molecular flexibility index (Phi) is 4.86. The minimum atomic E-state index is -0.712. The molecule has 0 spiro atoms. The maximum atomic E-state index is 13.4. The van der Waals surface area contributed by atoms with Crippen molar-refractivity contribution in [3.8, 4) is 0 Å². The standard InChI is InChI=1S/C15H14ClFOS/c1-10-6-7-11(8-13(10)17)14(18)9-19-15-5-3-2-4-12(15)16/h2-8,14,18H,9H2,1H3. The zero-order valence-electron chi connectivity index (χ0n) is 10.4. The van der Waals surface area contributed by atoms with Crippen molar-refractivity contribution in [1.29, 1.82) is 0 Å². The molecule has 19 heavy (non-hydrogen) atoms. The van der Waals surface area contributed by atoms with Gasteiger partial charge in [0.2, 0.25) is 0 Å². The first-order chi connectivity index (χ1) is 9.08. The molecule has 2 aromatic carbocycles. The van der Waals surface area contributed by atoms with Crippen molar-refractivity contribution in [3.05, 3.63) is 64.4 Å². The van der Waals surface area contributed by atoms with Crippen molar-refractivity contribution in [3.63, 3.8) is 0 Å². The van der Waals surface area contributed by atoms with E-state index < -0.39 is 6.10 Å². The molecule has 2 rings (SSSR count). The number of aliphatic hydroxyl groups excluding tert-OH is 1.